The van der Waals surface area contributed by atoms with Crippen LogP contribution in [0.5, 0.6) is 0 Å². The molecule has 1 aliphatic rings. The summed E-state index contributed by atoms with van der Waals surface area (Å²) in [7, 11) is 0. The Hall–Kier alpha value is -2.78. The van der Waals surface area contributed by atoms with Gasteiger partial charge in [0.2, 0.25) is 5.91 Å². The van der Waals surface area contributed by atoms with Gasteiger partial charge in [-0.15, -0.1) is 0 Å². The number of carbonyl (C=O) groups is 3. The molecule has 0 radical (unpaired) electrons. The summed E-state index contributed by atoms with van der Waals surface area (Å²) in [5.41, 5.74) is -1.18. The van der Waals surface area contributed by atoms with E-state index in [2.05, 4.69) is 5.32 Å². The van der Waals surface area contributed by atoms with Crippen molar-refractivity contribution in [2.24, 2.45) is 0 Å². The van der Waals surface area contributed by atoms with E-state index in [1.807, 2.05) is 0 Å². The average Bonchev–Trinajstić information content (AvgIpc) is 2.90. The van der Waals surface area contributed by atoms with Gasteiger partial charge < -0.3 is 19.9 Å². The Balaban J connectivity index is 1.87. The molecule has 0 bridgehead atoms. The Morgan fingerprint density at radius 1 is 1.00 bits per heavy atom. The molecule has 166 valence electrons. The molecule has 1 N–H and O–H groups in total. The van der Waals surface area contributed by atoms with Crippen molar-refractivity contribution < 1.29 is 32.3 Å². The molecule has 10 heteroatoms. The van der Waals surface area contributed by atoms with Crippen molar-refractivity contribution in [3.8, 4) is 0 Å². The summed E-state index contributed by atoms with van der Waals surface area (Å²) in [6, 6.07) is 1.61. The Morgan fingerprint density at radius 3 is 2.30 bits per heavy atom. The highest BCUT2D eigenvalue weighted by atomic mass is 19.2. The lowest BCUT2D eigenvalue weighted by molar-refractivity contribution is -0.130. The van der Waals surface area contributed by atoms with Gasteiger partial charge >= 0.3 is 6.09 Å². The van der Waals surface area contributed by atoms with Crippen LogP contribution in [0.4, 0.5) is 18.0 Å². The third-order valence-electron chi connectivity index (χ3n) is 4.41. The second-order valence-corrected chi connectivity index (χ2v) is 7.93. The average molecular weight is 429 g/mol. The van der Waals surface area contributed by atoms with Crippen molar-refractivity contribution in [2.45, 2.75) is 39.2 Å². The van der Waals surface area contributed by atoms with Crippen LogP contribution in [-0.2, 0) is 9.53 Å². The lowest BCUT2D eigenvalue weighted by atomic mass is 10.1. The summed E-state index contributed by atoms with van der Waals surface area (Å²) < 4.78 is 45.5. The van der Waals surface area contributed by atoms with Gasteiger partial charge in [0.05, 0.1) is 5.56 Å². The molecule has 1 saturated heterocycles. The van der Waals surface area contributed by atoms with Gasteiger partial charge in [-0.2, -0.15) is 0 Å². The summed E-state index contributed by atoms with van der Waals surface area (Å²) in [6.07, 6.45) is -0.107. The van der Waals surface area contributed by atoms with Crippen LogP contribution in [0.1, 0.15) is 44.0 Å². The van der Waals surface area contributed by atoms with E-state index in [1.165, 1.54) is 4.90 Å². The normalized spacial score (nSPS) is 14.9. The number of halogens is 3. The van der Waals surface area contributed by atoms with Crippen LogP contribution in [0.3, 0.4) is 0 Å². The molecular formula is C20H26F3N3O4. The molecule has 1 aromatic carbocycles. The molecule has 0 aliphatic carbocycles. The van der Waals surface area contributed by atoms with E-state index >= 15 is 0 Å². The van der Waals surface area contributed by atoms with Crippen molar-refractivity contribution in [2.75, 3.05) is 32.7 Å². The molecule has 1 aromatic rings. The molecule has 2 rings (SSSR count). The van der Waals surface area contributed by atoms with Crippen molar-refractivity contribution in [3.63, 3.8) is 0 Å². The molecule has 1 aliphatic heterocycles. The van der Waals surface area contributed by atoms with Gasteiger partial charge in [-0.1, -0.05) is 0 Å². The number of benzene rings is 1. The zero-order valence-electron chi connectivity index (χ0n) is 17.3. The Kier molecular flexibility index (Phi) is 7.69. The van der Waals surface area contributed by atoms with Gasteiger partial charge in [0.25, 0.3) is 5.91 Å². The minimum atomic E-state index is -1.69. The molecule has 1 heterocycles. The van der Waals surface area contributed by atoms with E-state index in [1.54, 1.807) is 25.7 Å². The van der Waals surface area contributed by atoms with Crippen molar-refractivity contribution in [3.05, 3.63) is 35.1 Å². The van der Waals surface area contributed by atoms with E-state index < -0.39 is 40.6 Å². The first-order chi connectivity index (χ1) is 14.0. The zero-order valence-corrected chi connectivity index (χ0v) is 17.3. The van der Waals surface area contributed by atoms with Gasteiger partial charge in [0, 0.05) is 39.1 Å². The minimum absolute atomic E-state index is 0.0605. The van der Waals surface area contributed by atoms with Crippen LogP contribution in [0.15, 0.2) is 12.1 Å². The van der Waals surface area contributed by atoms with Gasteiger partial charge in [0.15, 0.2) is 17.5 Å². The highest BCUT2D eigenvalue weighted by Crippen LogP contribution is 2.18. The summed E-state index contributed by atoms with van der Waals surface area (Å²) in [6.45, 7) is 6.26. The number of ether oxygens (including phenoxy) is 1. The number of hydrogen-bond donors (Lipinski definition) is 1. The standard InChI is InChI=1S/C20H26F3N3O4/c1-20(2,3)30-19(29)24-8-7-15(27)25-9-4-10-26(12-11-25)18(28)13-5-6-14(21)17(23)16(13)22/h5-6H,4,7-12H2,1-3H3,(H,24,29). The summed E-state index contributed by atoms with van der Waals surface area (Å²) >= 11 is 0. The number of hydrogen-bond acceptors (Lipinski definition) is 4. The summed E-state index contributed by atoms with van der Waals surface area (Å²) in [5, 5.41) is 2.51. The fourth-order valence-corrected chi connectivity index (χ4v) is 2.98. The largest absolute Gasteiger partial charge is 0.444 e. The topological polar surface area (TPSA) is 79.0 Å². The lowest BCUT2D eigenvalue weighted by Gasteiger charge is -2.23. The number of nitrogens with one attached hydrogen (secondary N) is 1. The smallest absolute Gasteiger partial charge is 0.407 e. The third kappa shape index (κ3) is 6.36. The van der Waals surface area contributed by atoms with E-state index in [4.69, 9.17) is 4.74 Å². The van der Waals surface area contributed by atoms with Crippen LogP contribution < -0.4 is 5.32 Å². The van der Waals surface area contributed by atoms with E-state index in [-0.39, 0.29) is 38.5 Å². The minimum Gasteiger partial charge on any atom is -0.444 e. The number of rotatable bonds is 4. The van der Waals surface area contributed by atoms with Gasteiger partial charge in [-0.25, -0.2) is 18.0 Å². The molecule has 3 amide bonds. The maximum absolute atomic E-state index is 13.9. The molecule has 0 atom stereocenters. The number of amides is 3. The lowest BCUT2D eigenvalue weighted by Crippen LogP contribution is -2.39. The Bertz CT molecular complexity index is 811. The number of nitrogens with zero attached hydrogens (tertiary/aromatic N) is 2. The Morgan fingerprint density at radius 2 is 1.63 bits per heavy atom. The van der Waals surface area contributed by atoms with Crippen molar-refractivity contribution in [1.29, 1.82) is 0 Å². The summed E-state index contributed by atoms with van der Waals surface area (Å²) in [5.74, 6) is -5.54. The zero-order chi connectivity index (χ0) is 22.5. The van der Waals surface area contributed by atoms with Gasteiger partial charge in [0.1, 0.15) is 5.60 Å². The molecule has 0 unspecified atom stereocenters. The fourth-order valence-electron chi connectivity index (χ4n) is 2.98. The molecule has 0 saturated carbocycles. The predicted molar refractivity (Wildman–Crippen MR) is 102 cm³/mol. The molecule has 0 spiro atoms. The third-order valence-corrected chi connectivity index (χ3v) is 4.41. The monoisotopic (exact) mass is 429 g/mol. The Labute approximate surface area is 173 Å². The molecular weight excluding hydrogens is 403 g/mol. The molecule has 7 nitrogen and oxygen atoms in total. The maximum Gasteiger partial charge on any atom is 0.407 e. The van der Waals surface area contributed by atoms with Crippen LogP contribution in [-0.4, -0.2) is 66.0 Å². The first-order valence-electron chi connectivity index (χ1n) is 9.67. The first kappa shape index (κ1) is 23.5. The van der Waals surface area contributed by atoms with E-state index in [0.717, 1.165) is 6.07 Å². The highest BCUT2D eigenvalue weighted by molar-refractivity contribution is 5.94. The van der Waals surface area contributed by atoms with Crippen LogP contribution in [0, 0.1) is 17.5 Å². The molecule has 0 aromatic heterocycles. The van der Waals surface area contributed by atoms with Gasteiger partial charge in [-0.05, 0) is 39.3 Å². The summed E-state index contributed by atoms with van der Waals surface area (Å²) in [4.78, 5) is 39.4. The second-order valence-electron chi connectivity index (χ2n) is 7.93. The fraction of sp³-hybridized carbons (Fsp3) is 0.550. The van der Waals surface area contributed by atoms with Gasteiger partial charge in [-0.3, -0.25) is 9.59 Å². The van der Waals surface area contributed by atoms with Crippen molar-refractivity contribution >= 4 is 17.9 Å². The van der Waals surface area contributed by atoms with Crippen molar-refractivity contribution in [1.82, 2.24) is 15.1 Å². The van der Waals surface area contributed by atoms with E-state index in [0.29, 0.717) is 19.0 Å². The van der Waals surface area contributed by atoms with Crippen LogP contribution in [0.25, 0.3) is 0 Å². The first-order valence-corrected chi connectivity index (χ1v) is 9.67. The highest BCUT2D eigenvalue weighted by Gasteiger charge is 2.26. The second kappa shape index (κ2) is 9.82. The quantitative estimate of drug-likeness (QED) is 0.747. The maximum atomic E-state index is 13.9. The van der Waals surface area contributed by atoms with Crippen LogP contribution in [0.2, 0.25) is 0 Å². The number of alkyl carbamates (subject to hydrolysis) is 1. The SMILES string of the molecule is CC(C)(C)OC(=O)NCCC(=O)N1CCCN(C(=O)c2ccc(F)c(F)c2F)CC1. The molecule has 30 heavy (non-hydrogen) atoms. The predicted octanol–water partition coefficient (Wildman–Crippen LogP) is 2.69. The number of carbonyl (C=O) groups excluding carboxylic acids is 3. The van der Waals surface area contributed by atoms with E-state index in [9.17, 15) is 27.6 Å². The molecule has 1 fully saturated rings. The van der Waals surface area contributed by atoms with Crippen LogP contribution >= 0.6 is 0 Å².